The largest absolute Gasteiger partial charge is 0.370 e. The second-order valence-electron chi connectivity index (χ2n) is 22.4. The van der Waals surface area contributed by atoms with Crippen molar-refractivity contribution >= 4 is 87.6 Å². The van der Waals surface area contributed by atoms with E-state index in [0.29, 0.717) is 35.7 Å². The summed E-state index contributed by atoms with van der Waals surface area (Å²) in [5.74, 6) is -7.94. The third kappa shape index (κ3) is 19.4. The minimum Gasteiger partial charge on any atom is -0.370 e. The number of hydrogen-bond acceptors (Lipinski definition) is 14. The molecule has 0 aliphatic carbocycles. The molecule has 2 saturated heterocycles. The third-order valence-electron chi connectivity index (χ3n) is 14.8. The van der Waals surface area contributed by atoms with E-state index in [-0.39, 0.29) is 50.3 Å². The van der Waals surface area contributed by atoms with Gasteiger partial charge < -0.3 is 74.2 Å². The van der Waals surface area contributed by atoms with Crippen molar-refractivity contribution in [2.24, 2.45) is 23.3 Å². The first-order valence-electron chi connectivity index (χ1n) is 28.6. The lowest BCUT2D eigenvalue weighted by Gasteiger charge is -2.29. The molecule has 4 heterocycles. The number of amides is 11. The molecule has 11 amide bonds. The lowest BCUT2D eigenvalue weighted by molar-refractivity contribution is -0.141. The van der Waals surface area contributed by atoms with Gasteiger partial charge in [0.1, 0.15) is 48.3 Å². The molecule has 0 spiro atoms. The number of thioether (sulfide) groups is 1. The van der Waals surface area contributed by atoms with Crippen LogP contribution in [0.4, 0.5) is 0 Å². The van der Waals surface area contributed by atoms with Crippen LogP contribution in [0.3, 0.4) is 0 Å². The van der Waals surface area contributed by atoms with E-state index in [0.717, 1.165) is 29.3 Å². The molecule has 6 rings (SSSR count). The fraction of sp³-hybridized carbons (Fsp3) is 0.517. The molecular weight excluding hydrogens is 1110 g/mol. The van der Waals surface area contributed by atoms with Gasteiger partial charge in [-0.1, -0.05) is 82.6 Å². The van der Waals surface area contributed by atoms with Crippen LogP contribution >= 0.6 is 11.8 Å². The monoisotopic (exact) mass is 1200 g/mol. The number of carbonyl (C=O) groups is 11. The highest BCUT2D eigenvalue weighted by atomic mass is 32.2. The molecule has 0 radical (unpaired) electrons. The molecule has 85 heavy (non-hydrogen) atoms. The Morgan fingerprint density at radius 3 is 2.00 bits per heavy atom. The lowest BCUT2D eigenvalue weighted by Crippen LogP contribution is -2.60. The zero-order valence-corrected chi connectivity index (χ0v) is 49.7. The van der Waals surface area contributed by atoms with Gasteiger partial charge in [0.2, 0.25) is 65.0 Å². The van der Waals surface area contributed by atoms with Gasteiger partial charge in [-0.05, 0) is 75.1 Å². The number of rotatable bonds is 30. The first kappa shape index (κ1) is 65.8. The first-order chi connectivity index (χ1) is 40.5. The van der Waals surface area contributed by atoms with Crippen molar-refractivity contribution < 1.29 is 52.7 Å². The van der Waals surface area contributed by atoms with Crippen LogP contribution in [0.25, 0.3) is 10.9 Å². The van der Waals surface area contributed by atoms with Crippen molar-refractivity contribution in [3.8, 4) is 0 Å². The zero-order chi connectivity index (χ0) is 61.9. The number of benzene rings is 2. The summed E-state index contributed by atoms with van der Waals surface area (Å²) in [7, 11) is 0. The van der Waals surface area contributed by atoms with Crippen LogP contribution < -0.4 is 59.3 Å². The van der Waals surface area contributed by atoms with Crippen LogP contribution in [0.2, 0.25) is 0 Å². The van der Waals surface area contributed by atoms with E-state index in [4.69, 9.17) is 11.5 Å². The van der Waals surface area contributed by atoms with E-state index in [9.17, 15) is 52.7 Å². The number of para-hydroxylation sites is 1. The number of H-pyrrole nitrogens is 2. The molecule has 2 aromatic heterocycles. The molecule has 0 bridgehead atoms. The summed E-state index contributed by atoms with van der Waals surface area (Å²) in [5, 5.41) is 25.4. The van der Waals surface area contributed by atoms with Gasteiger partial charge in [-0.15, -0.1) is 11.8 Å². The second-order valence-corrected chi connectivity index (χ2v) is 23.4. The van der Waals surface area contributed by atoms with Crippen LogP contribution in [0.5, 0.6) is 0 Å². The smallest absolute Gasteiger partial charge is 0.246 e. The summed E-state index contributed by atoms with van der Waals surface area (Å²) in [4.78, 5) is 162. The average molecular weight is 1200 g/mol. The van der Waals surface area contributed by atoms with Crippen molar-refractivity contribution in [3.05, 3.63) is 89.6 Å². The Morgan fingerprint density at radius 1 is 0.706 bits per heavy atom. The van der Waals surface area contributed by atoms with E-state index in [2.05, 4.69) is 62.8 Å². The molecule has 2 fully saturated rings. The molecule has 0 unspecified atom stereocenters. The molecule has 4 aromatic rings. The molecule has 27 heteroatoms. The van der Waals surface area contributed by atoms with Gasteiger partial charge in [0.05, 0.1) is 24.8 Å². The van der Waals surface area contributed by atoms with Gasteiger partial charge in [-0.3, -0.25) is 52.7 Å². The SMILES string of the molecule is Cc1[nH]c2ccccc2c1C[C@H](NC(=O)[C@H](CCC(N)=O)NC(=O)[C@@H](Cc1ccccc1)NC(=O)[C@@H]1CCCCN1)C(=O)N[C@@H](C)C(=O)N[C@H](C(=O)NCC(=O)N[C@@H](Cc1cnc[nH]1)C(=O)N[C@@H](CC(C)C)C(=O)N1CSC[C@H]1C(N)=O)C(C)C. The summed E-state index contributed by atoms with van der Waals surface area (Å²) in [6, 6.07) is 5.98. The summed E-state index contributed by atoms with van der Waals surface area (Å²) in [6.45, 7) is 10.2. The van der Waals surface area contributed by atoms with Gasteiger partial charge in [-0.25, -0.2) is 4.98 Å². The Balaban J connectivity index is 1.14. The summed E-state index contributed by atoms with van der Waals surface area (Å²) >= 11 is 1.36. The maximum atomic E-state index is 14.5. The number of aryl methyl sites for hydroxylation is 1. The first-order valence-corrected chi connectivity index (χ1v) is 29.8. The number of nitrogens with two attached hydrogens (primary N) is 2. The highest BCUT2D eigenvalue weighted by molar-refractivity contribution is 7.99. The number of imidazole rings is 1. The fourth-order valence-corrected chi connectivity index (χ4v) is 11.3. The highest BCUT2D eigenvalue weighted by Gasteiger charge is 2.39. The van der Waals surface area contributed by atoms with E-state index in [1.807, 2.05) is 44.2 Å². The maximum Gasteiger partial charge on any atom is 0.246 e. The molecule has 2 aromatic carbocycles. The number of aromatic amines is 2. The number of piperidine rings is 1. The van der Waals surface area contributed by atoms with Crippen LogP contribution in [-0.2, 0) is 72.0 Å². The summed E-state index contributed by atoms with van der Waals surface area (Å²) in [5.41, 5.74) is 14.4. The Bertz CT molecular complexity index is 3000. The Morgan fingerprint density at radius 2 is 1.35 bits per heavy atom. The van der Waals surface area contributed by atoms with Crippen molar-refractivity contribution in [1.82, 2.24) is 67.7 Å². The predicted octanol–water partition coefficient (Wildman–Crippen LogP) is -0.746. The topological polar surface area (TPSA) is 396 Å². The van der Waals surface area contributed by atoms with E-state index in [1.165, 1.54) is 36.1 Å². The number of nitrogens with one attached hydrogen (secondary N) is 11. The molecule has 9 atom stereocenters. The molecular formula is C58H81N15O11S. The van der Waals surface area contributed by atoms with Crippen LogP contribution in [0, 0.1) is 18.8 Å². The summed E-state index contributed by atoms with van der Waals surface area (Å²) in [6.07, 6.45) is 4.60. The number of fused-ring (bicyclic) bond motifs is 1. The van der Waals surface area contributed by atoms with Gasteiger partial charge in [0, 0.05) is 59.9 Å². The predicted molar refractivity (Wildman–Crippen MR) is 317 cm³/mol. The van der Waals surface area contributed by atoms with Crippen molar-refractivity contribution in [2.45, 2.75) is 154 Å². The van der Waals surface area contributed by atoms with Crippen LogP contribution in [-0.4, -0.2) is 164 Å². The van der Waals surface area contributed by atoms with Crippen molar-refractivity contribution in [2.75, 3.05) is 24.7 Å². The zero-order valence-electron chi connectivity index (χ0n) is 48.8. The average Bonchev–Trinajstić information content (AvgIpc) is 3.99. The third-order valence-corrected chi connectivity index (χ3v) is 15.8. The quantitative estimate of drug-likeness (QED) is 0.0306. The lowest BCUT2D eigenvalue weighted by atomic mass is 10.00. The number of hydrogen-bond donors (Lipinski definition) is 13. The molecule has 2 aliphatic heterocycles. The summed E-state index contributed by atoms with van der Waals surface area (Å²) < 4.78 is 0. The van der Waals surface area contributed by atoms with Crippen LogP contribution in [0.15, 0.2) is 67.1 Å². The normalized spacial score (nSPS) is 17.5. The van der Waals surface area contributed by atoms with Gasteiger partial charge in [-0.2, -0.15) is 0 Å². The van der Waals surface area contributed by atoms with E-state index >= 15 is 0 Å². The standard InChI is InChI=1S/C58H81N15O11S/c1-31(2)22-45(58(84)73-30-85-28-46(73)50(60)76)71-56(82)43(24-36-26-61-29-64-36)67-48(75)27-63-57(83)49(32(3)4)72-51(77)34(6)66-54(80)44(25-38-33(5)65-39-17-11-10-16-37(38)39)70-53(79)41(19-20-47(59)74)68-55(81)42(23-35-14-8-7-9-15-35)69-52(78)40-18-12-13-21-62-40/h7-11,14-17,26,29,31-32,34,40-46,49,62,65H,12-13,18-25,27-28,30H2,1-6H3,(H2,59,74)(H2,60,76)(H,61,64)(H,63,83)(H,66,80)(H,67,75)(H,68,81)(H,69,78)(H,70,79)(H,71,82)(H,72,77)/t34-,40-,41-,42+,43-,44-,45-,46-,49-/m0/s1. The van der Waals surface area contributed by atoms with Gasteiger partial charge >= 0.3 is 0 Å². The number of primary amides is 2. The van der Waals surface area contributed by atoms with E-state index in [1.54, 1.807) is 45.0 Å². The molecule has 460 valence electrons. The maximum absolute atomic E-state index is 14.5. The number of aromatic nitrogens is 3. The van der Waals surface area contributed by atoms with Gasteiger partial charge in [0.15, 0.2) is 0 Å². The highest BCUT2D eigenvalue weighted by Crippen LogP contribution is 2.25. The Labute approximate surface area is 497 Å². The van der Waals surface area contributed by atoms with Gasteiger partial charge in [0.25, 0.3) is 0 Å². The Hall–Kier alpha value is -8.33. The van der Waals surface area contributed by atoms with E-state index < -0.39 is 132 Å². The minimum atomic E-state index is -1.44. The number of nitrogens with zero attached hydrogens (tertiary/aromatic N) is 2. The molecule has 2 aliphatic rings. The van der Waals surface area contributed by atoms with Crippen molar-refractivity contribution in [3.63, 3.8) is 0 Å². The van der Waals surface area contributed by atoms with Crippen molar-refractivity contribution in [1.29, 1.82) is 0 Å². The van der Waals surface area contributed by atoms with Crippen LogP contribution in [0.1, 0.15) is 95.7 Å². The second kappa shape index (κ2) is 31.5. The molecule has 15 N–H and O–H groups in total. The fourth-order valence-electron chi connectivity index (χ4n) is 10.1. The minimum absolute atomic E-state index is 0.0645. The molecule has 0 saturated carbocycles. The Kier molecular flexibility index (Phi) is 24.4. The molecule has 26 nitrogen and oxygen atoms in total. The number of carbonyl (C=O) groups excluding carboxylic acids is 11.